The summed E-state index contributed by atoms with van der Waals surface area (Å²) >= 11 is 13.6. The van der Waals surface area contributed by atoms with Gasteiger partial charge in [-0.25, -0.2) is 14.1 Å². The van der Waals surface area contributed by atoms with Gasteiger partial charge in [-0.05, 0) is 31.5 Å². The minimum Gasteiger partial charge on any atom is -0.373 e. The van der Waals surface area contributed by atoms with E-state index >= 15 is 0 Å². The van der Waals surface area contributed by atoms with Crippen LogP contribution in [0.4, 0.5) is 4.39 Å². The molecule has 0 bridgehead atoms. The Morgan fingerprint density at radius 3 is 2.70 bits per heavy atom. The Bertz CT molecular complexity index is 1710. The van der Waals surface area contributed by atoms with E-state index in [0.717, 1.165) is 12.0 Å². The van der Waals surface area contributed by atoms with Gasteiger partial charge in [-0.3, -0.25) is 4.79 Å². The van der Waals surface area contributed by atoms with E-state index in [0.29, 0.717) is 46.6 Å². The van der Waals surface area contributed by atoms with Crippen LogP contribution in [-0.2, 0) is 18.9 Å². The fourth-order valence-electron chi connectivity index (χ4n) is 5.79. The van der Waals surface area contributed by atoms with E-state index in [9.17, 15) is 9.18 Å². The van der Waals surface area contributed by atoms with E-state index < -0.39 is 41.9 Å². The predicted molar refractivity (Wildman–Crippen MR) is 169 cm³/mol. The number of carbonyl (C=O) groups excluding carboxylic acids is 1. The Hall–Kier alpha value is -3.10. The Labute approximate surface area is 279 Å². The number of hydrogen-bond donors (Lipinski definition) is 0. The van der Waals surface area contributed by atoms with Crippen molar-refractivity contribution in [3.8, 4) is 11.3 Å². The highest BCUT2D eigenvalue weighted by atomic mass is 35.5. The highest BCUT2D eigenvalue weighted by Gasteiger charge is 2.52. The summed E-state index contributed by atoms with van der Waals surface area (Å²) in [7, 11) is 0. The number of ether oxygens (including phenoxy) is 4. The topological polar surface area (TPSA) is 101 Å². The lowest BCUT2D eigenvalue weighted by Crippen LogP contribution is -2.59. The minimum atomic E-state index is -0.647. The minimum absolute atomic E-state index is 0.0183. The van der Waals surface area contributed by atoms with E-state index in [1.807, 2.05) is 37.3 Å². The van der Waals surface area contributed by atoms with Crippen LogP contribution in [0.15, 0.2) is 71.9 Å². The third-order valence-corrected chi connectivity index (χ3v) is 9.87. The molecule has 3 aliphatic rings. The molecular weight excluding hydrogens is 656 g/mol. The van der Waals surface area contributed by atoms with Crippen molar-refractivity contribution in [2.45, 2.75) is 54.3 Å². The van der Waals surface area contributed by atoms with Crippen molar-refractivity contribution in [1.82, 2.24) is 24.9 Å². The molecule has 2 aromatic heterocycles. The molecule has 3 fully saturated rings. The van der Waals surface area contributed by atoms with Gasteiger partial charge in [0.1, 0.15) is 47.0 Å². The fraction of sp³-hybridized carbons (Fsp3) is 0.375. The van der Waals surface area contributed by atoms with E-state index in [4.69, 9.17) is 42.1 Å². The van der Waals surface area contributed by atoms with Gasteiger partial charge in [0.25, 0.3) is 5.91 Å². The van der Waals surface area contributed by atoms with Crippen molar-refractivity contribution in [1.29, 1.82) is 0 Å². The smallest absolute Gasteiger partial charge is 0.273 e. The van der Waals surface area contributed by atoms with Gasteiger partial charge < -0.3 is 23.8 Å². The molecule has 0 radical (unpaired) electrons. The lowest BCUT2D eigenvalue weighted by molar-refractivity contribution is -0.309. The number of nitrogens with zero attached hydrogens (tertiary/aromatic N) is 5. The standard InChI is InChI=1S/C32H30Cl2FN5O5S/c1-2-42-29-27(40-16-23(37-38-40)19-9-10-21(34)22(35)13-19)28-24(17-43-31(45-28)18-7-4-3-5-8-18)44-32(29)46-25-14-20(33)15-36-26(25)30(41)39-11-6-12-39/h3-5,7-10,13-16,24,27-29,31-32H,2,6,11-12,17H2,1H3/t24?,27?,28-,29-,31?,32+/m0/s1. The number of benzene rings is 2. The zero-order valence-corrected chi connectivity index (χ0v) is 27.0. The molecule has 2 aromatic carbocycles. The predicted octanol–water partition coefficient (Wildman–Crippen LogP) is 6.21. The van der Waals surface area contributed by atoms with Crippen LogP contribution in [0.25, 0.3) is 11.3 Å². The normalized spacial score (nSPS) is 26.0. The van der Waals surface area contributed by atoms with Gasteiger partial charge in [0.05, 0.1) is 22.8 Å². The van der Waals surface area contributed by atoms with Crippen molar-refractivity contribution in [2.75, 3.05) is 26.3 Å². The molecule has 6 atom stereocenters. The van der Waals surface area contributed by atoms with Crippen LogP contribution in [0.2, 0.25) is 10.0 Å². The third-order valence-electron chi connectivity index (χ3n) is 8.18. The molecule has 0 spiro atoms. The summed E-state index contributed by atoms with van der Waals surface area (Å²) in [5, 5.41) is 9.27. The van der Waals surface area contributed by atoms with Crippen molar-refractivity contribution in [2.24, 2.45) is 0 Å². The molecule has 0 aliphatic carbocycles. The zero-order chi connectivity index (χ0) is 31.8. The molecule has 0 N–H and O–H groups in total. The van der Waals surface area contributed by atoms with Crippen LogP contribution in [0.1, 0.15) is 41.7 Å². The first-order valence-electron chi connectivity index (χ1n) is 15.0. The monoisotopic (exact) mass is 685 g/mol. The van der Waals surface area contributed by atoms with Gasteiger partial charge in [-0.15, -0.1) is 5.10 Å². The van der Waals surface area contributed by atoms with Crippen LogP contribution in [0, 0.1) is 5.82 Å². The number of aromatic nitrogens is 4. The summed E-state index contributed by atoms with van der Waals surface area (Å²) in [6, 6.07) is 15.3. The molecule has 4 aromatic rings. The van der Waals surface area contributed by atoms with E-state index in [1.165, 1.54) is 30.1 Å². The van der Waals surface area contributed by atoms with Gasteiger partial charge in [0, 0.05) is 41.9 Å². The molecule has 10 nitrogen and oxygen atoms in total. The van der Waals surface area contributed by atoms with Gasteiger partial charge >= 0.3 is 0 Å². The second-order valence-corrected chi connectivity index (χ2v) is 13.1. The summed E-state index contributed by atoms with van der Waals surface area (Å²) in [6.45, 7) is 3.85. The third kappa shape index (κ3) is 6.27. The van der Waals surface area contributed by atoms with Crippen LogP contribution in [0.5, 0.6) is 0 Å². The summed E-state index contributed by atoms with van der Waals surface area (Å²) < 4.78 is 41.9. The average molecular weight is 687 g/mol. The largest absolute Gasteiger partial charge is 0.373 e. The van der Waals surface area contributed by atoms with E-state index in [1.54, 1.807) is 27.9 Å². The second kappa shape index (κ2) is 13.6. The van der Waals surface area contributed by atoms with Gasteiger partial charge in [-0.2, -0.15) is 0 Å². The molecule has 5 heterocycles. The Morgan fingerprint density at radius 2 is 1.96 bits per heavy atom. The maximum atomic E-state index is 14.4. The fourth-order valence-corrected chi connectivity index (χ4v) is 7.40. The Kier molecular flexibility index (Phi) is 9.28. The van der Waals surface area contributed by atoms with E-state index in [2.05, 4.69) is 15.3 Å². The Morgan fingerprint density at radius 1 is 1.13 bits per heavy atom. The summed E-state index contributed by atoms with van der Waals surface area (Å²) in [5.74, 6) is -0.713. The Balaban J connectivity index is 1.26. The van der Waals surface area contributed by atoms with Gasteiger partial charge in [-0.1, -0.05) is 76.6 Å². The van der Waals surface area contributed by atoms with Crippen LogP contribution < -0.4 is 0 Å². The molecule has 0 saturated carbocycles. The first-order valence-corrected chi connectivity index (χ1v) is 16.6. The molecule has 3 aliphatic heterocycles. The zero-order valence-electron chi connectivity index (χ0n) is 24.7. The first-order chi connectivity index (χ1) is 22.4. The number of fused-ring (bicyclic) bond motifs is 1. The number of hydrogen-bond acceptors (Lipinski definition) is 9. The number of pyridine rings is 1. The van der Waals surface area contributed by atoms with Crippen LogP contribution in [-0.4, -0.2) is 80.8 Å². The van der Waals surface area contributed by atoms with Crippen molar-refractivity contribution in [3.63, 3.8) is 0 Å². The van der Waals surface area contributed by atoms with Crippen molar-refractivity contribution >= 4 is 40.9 Å². The summed E-state index contributed by atoms with van der Waals surface area (Å²) in [4.78, 5) is 20.1. The van der Waals surface area contributed by atoms with Gasteiger partial charge in [0.2, 0.25) is 0 Å². The molecule has 14 heteroatoms. The first kappa shape index (κ1) is 31.5. The average Bonchev–Trinajstić information content (AvgIpc) is 3.52. The highest BCUT2D eigenvalue weighted by Crippen LogP contribution is 2.45. The number of likely N-dealkylation sites (tertiary alicyclic amines) is 1. The van der Waals surface area contributed by atoms with Crippen LogP contribution in [0.3, 0.4) is 0 Å². The number of amides is 1. The number of rotatable bonds is 8. The second-order valence-electron chi connectivity index (χ2n) is 11.1. The molecule has 3 unspecified atom stereocenters. The lowest BCUT2D eigenvalue weighted by Gasteiger charge is -2.49. The molecule has 3 saturated heterocycles. The van der Waals surface area contributed by atoms with Gasteiger partial charge in [0.15, 0.2) is 6.29 Å². The molecule has 46 heavy (non-hydrogen) atoms. The van der Waals surface area contributed by atoms with Crippen molar-refractivity contribution < 1.29 is 28.1 Å². The highest BCUT2D eigenvalue weighted by molar-refractivity contribution is 8.00. The molecule has 240 valence electrons. The molecule has 1 amide bonds. The maximum absolute atomic E-state index is 14.4. The quantitative estimate of drug-likeness (QED) is 0.214. The van der Waals surface area contributed by atoms with E-state index in [-0.39, 0.29) is 17.5 Å². The maximum Gasteiger partial charge on any atom is 0.273 e. The number of carbonyl (C=O) groups is 1. The molecule has 7 rings (SSSR count). The number of halogens is 3. The summed E-state index contributed by atoms with van der Waals surface area (Å²) in [6.07, 6.45) is 1.79. The molecular formula is C32H30Cl2FN5O5S. The summed E-state index contributed by atoms with van der Waals surface area (Å²) in [5.41, 5.74) is 1.49. The van der Waals surface area contributed by atoms with Crippen molar-refractivity contribution in [3.05, 3.63) is 94.1 Å². The van der Waals surface area contributed by atoms with Crippen LogP contribution >= 0.6 is 35.0 Å². The number of thioether (sulfide) groups is 1. The lowest BCUT2D eigenvalue weighted by atomic mass is 9.95. The SMILES string of the molecule is CCO[C@H]1C(n2cc(-c3ccc(Cl)c(F)c3)nn2)[C@H]2OC(c3ccccc3)OCC2O[C@@H]1Sc1cc(Cl)cnc1C(=O)N1CCC1.